The van der Waals surface area contributed by atoms with Gasteiger partial charge in [0.1, 0.15) is 0 Å². The van der Waals surface area contributed by atoms with Crippen LogP contribution in [0.4, 0.5) is 0 Å². The van der Waals surface area contributed by atoms with Crippen LogP contribution in [0.2, 0.25) is 0 Å². The Balaban J connectivity index is 1.42. The third-order valence-electron chi connectivity index (χ3n) is 4.53. The maximum Gasteiger partial charge on any atom is 0.230 e. The molecule has 0 aromatic heterocycles. The van der Waals surface area contributed by atoms with Crippen molar-refractivity contribution in [3.63, 3.8) is 0 Å². The summed E-state index contributed by atoms with van der Waals surface area (Å²) in [5.41, 5.74) is 2.62. The molecule has 1 aliphatic heterocycles. The molecular formula is C18H25NO2S. The molecule has 0 saturated carbocycles. The standard InChI is InChI=1S/C18H25NO2S/c1-18(10-14-6-2-3-7-15(14)11-18)19-17(20)13-22-12-16-8-4-5-9-21-16/h2-3,6-7,16H,4-5,8-13H2,1H3,(H,19,20). The fourth-order valence-corrected chi connectivity index (χ4v) is 4.39. The molecule has 2 aliphatic rings. The minimum absolute atomic E-state index is 0.122. The van der Waals surface area contributed by atoms with E-state index in [2.05, 4.69) is 36.5 Å². The fourth-order valence-electron chi connectivity index (χ4n) is 3.49. The molecule has 120 valence electrons. The molecule has 1 aromatic carbocycles. The van der Waals surface area contributed by atoms with Crippen LogP contribution in [0.1, 0.15) is 37.3 Å². The average molecular weight is 319 g/mol. The first-order valence-corrected chi connectivity index (χ1v) is 9.37. The van der Waals surface area contributed by atoms with Gasteiger partial charge in [-0.2, -0.15) is 0 Å². The van der Waals surface area contributed by atoms with Crippen molar-refractivity contribution in [1.29, 1.82) is 0 Å². The lowest BCUT2D eigenvalue weighted by molar-refractivity contribution is -0.120. The van der Waals surface area contributed by atoms with Crippen molar-refractivity contribution in [3.05, 3.63) is 35.4 Å². The third-order valence-corrected chi connectivity index (χ3v) is 5.61. The molecule has 22 heavy (non-hydrogen) atoms. The van der Waals surface area contributed by atoms with Crippen LogP contribution >= 0.6 is 11.8 Å². The first-order chi connectivity index (χ1) is 10.6. The van der Waals surface area contributed by atoms with Gasteiger partial charge in [0.2, 0.25) is 5.91 Å². The van der Waals surface area contributed by atoms with Gasteiger partial charge in [-0.3, -0.25) is 4.79 Å². The van der Waals surface area contributed by atoms with Gasteiger partial charge >= 0.3 is 0 Å². The molecule has 1 aliphatic carbocycles. The summed E-state index contributed by atoms with van der Waals surface area (Å²) in [7, 11) is 0. The number of nitrogens with one attached hydrogen (secondary N) is 1. The van der Waals surface area contributed by atoms with Crippen molar-refractivity contribution in [1.82, 2.24) is 5.32 Å². The number of hydrogen-bond acceptors (Lipinski definition) is 3. The molecule has 1 heterocycles. The maximum atomic E-state index is 12.2. The van der Waals surface area contributed by atoms with Crippen LogP contribution < -0.4 is 5.32 Å². The second-order valence-corrected chi connectivity index (χ2v) is 7.77. The lowest BCUT2D eigenvalue weighted by Gasteiger charge is -2.26. The summed E-state index contributed by atoms with van der Waals surface area (Å²) in [4.78, 5) is 12.2. The van der Waals surface area contributed by atoms with E-state index in [1.165, 1.54) is 24.0 Å². The predicted molar refractivity (Wildman–Crippen MR) is 91.3 cm³/mol. The molecule has 1 N–H and O–H groups in total. The van der Waals surface area contributed by atoms with Crippen LogP contribution in [-0.2, 0) is 22.4 Å². The van der Waals surface area contributed by atoms with Gasteiger partial charge in [0, 0.05) is 17.9 Å². The van der Waals surface area contributed by atoms with Crippen molar-refractivity contribution in [3.8, 4) is 0 Å². The smallest absolute Gasteiger partial charge is 0.230 e. The molecule has 3 rings (SSSR count). The Morgan fingerprint density at radius 3 is 2.68 bits per heavy atom. The van der Waals surface area contributed by atoms with Crippen LogP contribution in [-0.4, -0.2) is 35.7 Å². The normalized spacial score (nSPS) is 23.0. The summed E-state index contributed by atoms with van der Waals surface area (Å²) in [5, 5.41) is 3.24. The van der Waals surface area contributed by atoms with Gasteiger partial charge in [0.25, 0.3) is 0 Å². The largest absolute Gasteiger partial charge is 0.377 e. The quantitative estimate of drug-likeness (QED) is 0.907. The molecule has 1 amide bonds. The monoisotopic (exact) mass is 319 g/mol. The van der Waals surface area contributed by atoms with Gasteiger partial charge in [-0.05, 0) is 50.2 Å². The number of fused-ring (bicyclic) bond motifs is 1. The number of rotatable bonds is 5. The van der Waals surface area contributed by atoms with Crippen molar-refractivity contribution in [2.45, 2.75) is 50.7 Å². The van der Waals surface area contributed by atoms with Gasteiger partial charge in [-0.15, -0.1) is 11.8 Å². The van der Waals surface area contributed by atoms with Crippen molar-refractivity contribution < 1.29 is 9.53 Å². The Hall–Kier alpha value is -1.00. The molecule has 1 atom stereocenters. The summed E-state index contributed by atoms with van der Waals surface area (Å²) < 4.78 is 5.70. The summed E-state index contributed by atoms with van der Waals surface area (Å²) in [6.45, 7) is 3.04. The molecule has 1 aromatic rings. The second kappa shape index (κ2) is 7.05. The zero-order valence-corrected chi connectivity index (χ0v) is 14.1. The summed E-state index contributed by atoms with van der Waals surface area (Å²) >= 11 is 1.70. The van der Waals surface area contributed by atoms with Crippen LogP contribution in [0.25, 0.3) is 0 Å². The van der Waals surface area contributed by atoms with E-state index < -0.39 is 0 Å². The maximum absolute atomic E-state index is 12.2. The van der Waals surface area contributed by atoms with Gasteiger partial charge < -0.3 is 10.1 Å². The zero-order chi connectivity index (χ0) is 15.4. The van der Waals surface area contributed by atoms with Gasteiger partial charge in [0.15, 0.2) is 0 Å². The van der Waals surface area contributed by atoms with Gasteiger partial charge in [0.05, 0.1) is 11.9 Å². The Morgan fingerprint density at radius 1 is 1.32 bits per heavy atom. The lowest BCUT2D eigenvalue weighted by Crippen LogP contribution is -2.47. The number of ether oxygens (including phenoxy) is 1. The third kappa shape index (κ3) is 4.05. The van der Waals surface area contributed by atoms with E-state index in [0.29, 0.717) is 11.9 Å². The first kappa shape index (κ1) is 15.9. The van der Waals surface area contributed by atoms with Gasteiger partial charge in [-0.1, -0.05) is 24.3 Å². The summed E-state index contributed by atoms with van der Waals surface area (Å²) in [5.74, 6) is 1.62. The molecule has 0 spiro atoms. The SMILES string of the molecule is CC1(NC(=O)CSCC2CCCCO2)Cc2ccccc2C1. The Morgan fingerprint density at radius 2 is 2.05 bits per heavy atom. The zero-order valence-electron chi connectivity index (χ0n) is 13.3. The Bertz CT molecular complexity index is 501. The van der Waals surface area contributed by atoms with E-state index in [0.717, 1.165) is 31.6 Å². The summed E-state index contributed by atoms with van der Waals surface area (Å²) in [6, 6.07) is 8.49. The molecule has 4 heteroatoms. The van der Waals surface area contributed by atoms with E-state index >= 15 is 0 Å². The molecular weight excluding hydrogens is 294 g/mol. The topological polar surface area (TPSA) is 38.3 Å². The van der Waals surface area contributed by atoms with Crippen molar-refractivity contribution >= 4 is 17.7 Å². The predicted octanol–water partition coefficient (Wildman–Crippen LogP) is 2.96. The highest BCUT2D eigenvalue weighted by Crippen LogP contribution is 2.29. The fraction of sp³-hybridized carbons (Fsp3) is 0.611. The van der Waals surface area contributed by atoms with Crippen molar-refractivity contribution in [2.24, 2.45) is 0 Å². The number of amides is 1. The van der Waals surface area contributed by atoms with Crippen LogP contribution in [0.15, 0.2) is 24.3 Å². The Kier molecular flexibility index (Phi) is 5.09. The minimum atomic E-state index is -0.122. The summed E-state index contributed by atoms with van der Waals surface area (Å²) in [6.07, 6.45) is 5.80. The highest BCUT2D eigenvalue weighted by molar-refractivity contribution is 7.99. The van der Waals surface area contributed by atoms with E-state index in [4.69, 9.17) is 4.74 Å². The molecule has 0 radical (unpaired) electrons. The van der Waals surface area contributed by atoms with Crippen LogP contribution in [0.5, 0.6) is 0 Å². The molecule has 0 bridgehead atoms. The second-order valence-electron chi connectivity index (χ2n) is 6.73. The molecule has 1 fully saturated rings. The van der Waals surface area contributed by atoms with Crippen LogP contribution in [0, 0.1) is 0 Å². The molecule has 3 nitrogen and oxygen atoms in total. The minimum Gasteiger partial charge on any atom is -0.377 e. The molecule has 1 unspecified atom stereocenters. The van der Waals surface area contributed by atoms with E-state index in [9.17, 15) is 4.79 Å². The number of carbonyl (C=O) groups is 1. The van der Waals surface area contributed by atoms with Crippen LogP contribution in [0.3, 0.4) is 0 Å². The highest BCUT2D eigenvalue weighted by atomic mass is 32.2. The van der Waals surface area contributed by atoms with Gasteiger partial charge in [-0.25, -0.2) is 0 Å². The number of benzene rings is 1. The Labute approximate surface area is 137 Å². The number of thioether (sulfide) groups is 1. The van der Waals surface area contributed by atoms with Crippen molar-refractivity contribution in [2.75, 3.05) is 18.1 Å². The first-order valence-electron chi connectivity index (χ1n) is 8.22. The highest BCUT2D eigenvalue weighted by Gasteiger charge is 2.33. The van der Waals surface area contributed by atoms with E-state index in [1.54, 1.807) is 11.8 Å². The van der Waals surface area contributed by atoms with E-state index in [1.807, 2.05) is 0 Å². The number of carbonyl (C=O) groups excluding carboxylic acids is 1. The molecule has 1 saturated heterocycles. The van der Waals surface area contributed by atoms with E-state index in [-0.39, 0.29) is 11.4 Å². The lowest BCUT2D eigenvalue weighted by atomic mass is 9.99. The average Bonchev–Trinajstić information content (AvgIpc) is 2.83. The number of hydrogen-bond donors (Lipinski definition) is 1.